The molecule has 0 aliphatic carbocycles. The maximum absolute atomic E-state index is 12.5. The molecule has 0 amide bonds. The second kappa shape index (κ2) is 10.2. The lowest BCUT2D eigenvalue weighted by atomic mass is 10.0. The maximum atomic E-state index is 12.5. The molecule has 1 aromatic carbocycles. The van der Waals surface area contributed by atoms with Gasteiger partial charge in [0.25, 0.3) is 0 Å². The summed E-state index contributed by atoms with van der Waals surface area (Å²) in [7, 11) is 0. The Bertz CT molecular complexity index is 477. The fraction of sp³-hybridized carbons (Fsp3) is 0.700. The molecule has 0 aromatic heterocycles. The van der Waals surface area contributed by atoms with Crippen LogP contribution in [0.15, 0.2) is 24.3 Å². The molecule has 0 unspecified atom stereocenters. The summed E-state index contributed by atoms with van der Waals surface area (Å²) in [4.78, 5) is 2.50. The highest BCUT2D eigenvalue weighted by Crippen LogP contribution is 2.29. The molecule has 1 aromatic rings. The molecule has 1 N–H and O–H groups in total. The van der Waals surface area contributed by atoms with Gasteiger partial charge in [-0.3, -0.25) is 0 Å². The molecule has 2 nitrogen and oxygen atoms in total. The average Bonchev–Trinajstić information content (AvgIpc) is 2.61. The molecule has 5 heteroatoms. The molecule has 2 rings (SSSR count). The first-order valence-electron chi connectivity index (χ1n) is 9.61. The van der Waals surface area contributed by atoms with Crippen LogP contribution in [0.2, 0.25) is 0 Å². The summed E-state index contributed by atoms with van der Waals surface area (Å²) in [6, 6.07) is 6.25. The van der Waals surface area contributed by atoms with Gasteiger partial charge in [0.2, 0.25) is 0 Å². The van der Waals surface area contributed by atoms with Gasteiger partial charge >= 0.3 is 6.18 Å². The topological polar surface area (TPSA) is 15.3 Å². The van der Waals surface area contributed by atoms with Crippen molar-refractivity contribution in [3.63, 3.8) is 0 Å². The number of alkyl halides is 3. The van der Waals surface area contributed by atoms with Gasteiger partial charge in [-0.2, -0.15) is 13.2 Å². The highest BCUT2D eigenvalue weighted by Gasteiger charge is 2.29. The maximum Gasteiger partial charge on any atom is 0.416 e. The third kappa shape index (κ3) is 7.37. The summed E-state index contributed by atoms with van der Waals surface area (Å²) >= 11 is 0. The lowest BCUT2D eigenvalue weighted by molar-refractivity contribution is -0.137. The zero-order chi connectivity index (χ0) is 18.1. The Hall–Kier alpha value is -1.07. The van der Waals surface area contributed by atoms with Gasteiger partial charge in [0.15, 0.2) is 0 Å². The summed E-state index contributed by atoms with van der Waals surface area (Å²) in [6.45, 7) is 6.88. The standard InChI is InChI=1S/C20H31F3N2/c1-2-25-15-12-19(13-16-25)24-14-6-4-3-5-7-17-8-10-18(11-9-17)20(21,22)23/h8-11,19,24H,2-7,12-16H2,1H3. The van der Waals surface area contributed by atoms with E-state index in [9.17, 15) is 13.2 Å². The van der Waals surface area contributed by atoms with Crippen molar-refractivity contribution in [3.05, 3.63) is 35.4 Å². The Morgan fingerprint density at radius 3 is 2.24 bits per heavy atom. The predicted molar refractivity (Wildman–Crippen MR) is 96.8 cm³/mol. The minimum Gasteiger partial charge on any atom is -0.314 e. The van der Waals surface area contributed by atoms with E-state index in [-0.39, 0.29) is 0 Å². The zero-order valence-electron chi connectivity index (χ0n) is 15.2. The van der Waals surface area contributed by atoms with Crippen molar-refractivity contribution in [2.24, 2.45) is 0 Å². The van der Waals surface area contributed by atoms with E-state index in [4.69, 9.17) is 0 Å². The fourth-order valence-electron chi connectivity index (χ4n) is 3.43. The van der Waals surface area contributed by atoms with Crippen LogP contribution in [0.25, 0.3) is 0 Å². The molecule has 0 spiro atoms. The molecule has 0 bridgehead atoms. The third-order valence-electron chi connectivity index (χ3n) is 5.14. The number of hydrogen-bond acceptors (Lipinski definition) is 2. The lowest BCUT2D eigenvalue weighted by Gasteiger charge is -2.31. The monoisotopic (exact) mass is 356 g/mol. The first kappa shape index (κ1) is 20.2. The number of aryl methyl sites for hydroxylation is 1. The summed E-state index contributed by atoms with van der Waals surface area (Å²) in [6.07, 6.45) is 3.67. The number of likely N-dealkylation sites (tertiary alicyclic amines) is 1. The first-order valence-corrected chi connectivity index (χ1v) is 9.61. The highest BCUT2D eigenvalue weighted by atomic mass is 19.4. The van der Waals surface area contributed by atoms with Crippen molar-refractivity contribution in [1.29, 1.82) is 0 Å². The molecular formula is C20H31F3N2. The number of hydrogen-bond donors (Lipinski definition) is 1. The van der Waals surface area contributed by atoms with Crippen LogP contribution in [0, 0.1) is 0 Å². The quantitative estimate of drug-likeness (QED) is 0.634. The van der Waals surface area contributed by atoms with Gasteiger partial charge < -0.3 is 10.2 Å². The predicted octanol–water partition coefficient (Wildman–Crippen LogP) is 4.88. The van der Waals surface area contributed by atoms with Gasteiger partial charge in [0, 0.05) is 6.04 Å². The SMILES string of the molecule is CCN1CCC(NCCCCCCc2ccc(C(F)(F)F)cc2)CC1. The Kier molecular flexibility index (Phi) is 8.24. The van der Waals surface area contributed by atoms with E-state index in [1.165, 1.54) is 50.9 Å². The van der Waals surface area contributed by atoms with E-state index in [0.29, 0.717) is 6.04 Å². The number of nitrogens with one attached hydrogen (secondary N) is 1. The number of benzene rings is 1. The molecule has 25 heavy (non-hydrogen) atoms. The Balaban J connectivity index is 1.50. The minimum atomic E-state index is -4.24. The number of nitrogens with zero attached hydrogens (tertiary/aromatic N) is 1. The van der Waals surface area contributed by atoms with Crippen LogP contribution < -0.4 is 5.32 Å². The molecule has 1 fully saturated rings. The van der Waals surface area contributed by atoms with Crippen molar-refractivity contribution in [2.75, 3.05) is 26.2 Å². The van der Waals surface area contributed by atoms with E-state index < -0.39 is 11.7 Å². The highest BCUT2D eigenvalue weighted by molar-refractivity contribution is 5.24. The van der Waals surface area contributed by atoms with Crippen molar-refractivity contribution in [3.8, 4) is 0 Å². The average molecular weight is 356 g/mol. The smallest absolute Gasteiger partial charge is 0.314 e. The summed E-state index contributed by atoms with van der Waals surface area (Å²) < 4.78 is 37.5. The normalized spacial score (nSPS) is 17.1. The largest absolute Gasteiger partial charge is 0.416 e. The molecule has 1 aliphatic heterocycles. The molecule has 1 saturated heterocycles. The molecule has 0 radical (unpaired) electrons. The first-order chi connectivity index (χ1) is 12.0. The van der Waals surface area contributed by atoms with Crippen molar-refractivity contribution >= 4 is 0 Å². The Labute approximate surface area is 149 Å². The van der Waals surface area contributed by atoms with Gasteiger partial charge in [0.1, 0.15) is 0 Å². The van der Waals surface area contributed by atoms with E-state index in [1.807, 2.05) is 0 Å². The van der Waals surface area contributed by atoms with Gasteiger partial charge in [-0.15, -0.1) is 0 Å². The minimum absolute atomic E-state index is 0.563. The second-order valence-electron chi connectivity index (χ2n) is 7.02. The van der Waals surface area contributed by atoms with Gasteiger partial charge in [0.05, 0.1) is 5.56 Å². The summed E-state index contributed by atoms with van der Waals surface area (Å²) in [5.74, 6) is 0. The van der Waals surface area contributed by atoms with Crippen LogP contribution in [-0.4, -0.2) is 37.1 Å². The third-order valence-corrected chi connectivity index (χ3v) is 5.14. The summed E-state index contributed by atoms with van der Waals surface area (Å²) in [5, 5.41) is 3.66. The Morgan fingerprint density at radius 1 is 1.00 bits per heavy atom. The van der Waals surface area contributed by atoms with E-state index in [1.54, 1.807) is 12.1 Å². The van der Waals surface area contributed by atoms with Gasteiger partial charge in [-0.05, 0) is 76.0 Å². The van der Waals surface area contributed by atoms with Crippen LogP contribution in [0.3, 0.4) is 0 Å². The molecular weight excluding hydrogens is 325 g/mol. The zero-order valence-corrected chi connectivity index (χ0v) is 15.2. The van der Waals surface area contributed by atoms with Crippen molar-refractivity contribution in [2.45, 2.75) is 64.1 Å². The van der Waals surface area contributed by atoms with Crippen molar-refractivity contribution in [1.82, 2.24) is 10.2 Å². The van der Waals surface area contributed by atoms with Crippen LogP contribution >= 0.6 is 0 Å². The fourth-order valence-corrected chi connectivity index (χ4v) is 3.43. The number of piperidine rings is 1. The molecule has 1 aliphatic rings. The molecule has 0 atom stereocenters. The van der Waals surface area contributed by atoms with Crippen LogP contribution in [0.1, 0.15) is 56.6 Å². The molecule has 0 saturated carbocycles. The van der Waals surface area contributed by atoms with E-state index in [0.717, 1.165) is 37.9 Å². The summed E-state index contributed by atoms with van der Waals surface area (Å²) in [5.41, 5.74) is 0.431. The number of rotatable bonds is 9. The second-order valence-corrected chi connectivity index (χ2v) is 7.02. The number of halogens is 3. The lowest BCUT2D eigenvalue weighted by Crippen LogP contribution is -2.42. The van der Waals surface area contributed by atoms with E-state index >= 15 is 0 Å². The van der Waals surface area contributed by atoms with Crippen LogP contribution in [0.4, 0.5) is 13.2 Å². The Morgan fingerprint density at radius 2 is 1.64 bits per heavy atom. The molecule has 142 valence electrons. The van der Waals surface area contributed by atoms with E-state index in [2.05, 4.69) is 17.1 Å². The van der Waals surface area contributed by atoms with Crippen molar-refractivity contribution < 1.29 is 13.2 Å². The molecule has 1 heterocycles. The van der Waals surface area contributed by atoms with Gasteiger partial charge in [-0.25, -0.2) is 0 Å². The van der Waals surface area contributed by atoms with Crippen LogP contribution in [0.5, 0.6) is 0 Å². The van der Waals surface area contributed by atoms with Crippen LogP contribution in [-0.2, 0) is 12.6 Å². The number of unbranched alkanes of at least 4 members (excludes halogenated alkanes) is 3. The van der Waals surface area contributed by atoms with Gasteiger partial charge in [-0.1, -0.05) is 31.9 Å².